The van der Waals surface area contributed by atoms with Crippen molar-refractivity contribution in [2.75, 3.05) is 39.6 Å². The Hall–Kier alpha value is -1.94. The number of phosphoric ester groups is 2. The molecule has 0 rings (SSSR count). The van der Waals surface area contributed by atoms with Crippen molar-refractivity contribution in [3.05, 3.63) is 0 Å². The smallest absolute Gasteiger partial charge is 0.462 e. The first-order valence-electron chi connectivity index (χ1n) is 43.6. The molecule has 0 amide bonds. The molecule has 0 aromatic heterocycles. The summed E-state index contributed by atoms with van der Waals surface area (Å²) in [7, 11) is -9.92. The van der Waals surface area contributed by atoms with Gasteiger partial charge in [0.05, 0.1) is 26.4 Å². The van der Waals surface area contributed by atoms with Gasteiger partial charge in [0.25, 0.3) is 0 Å². The molecule has 0 aliphatic rings. The van der Waals surface area contributed by atoms with Crippen molar-refractivity contribution in [2.45, 2.75) is 470 Å². The molecule has 0 spiro atoms. The van der Waals surface area contributed by atoms with E-state index in [1.807, 2.05) is 0 Å². The first-order valence-corrected chi connectivity index (χ1v) is 46.6. The fourth-order valence-electron chi connectivity index (χ4n) is 13.1. The van der Waals surface area contributed by atoms with Crippen molar-refractivity contribution in [3.8, 4) is 0 Å². The molecule has 0 aromatic rings. The zero-order valence-electron chi connectivity index (χ0n) is 67.5. The molecule has 0 aromatic carbocycles. The second kappa shape index (κ2) is 76.8. The van der Waals surface area contributed by atoms with Crippen molar-refractivity contribution < 1.29 is 80.2 Å². The van der Waals surface area contributed by atoms with Gasteiger partial charge in [-0.3, -0.25) is 37.3 Å². The van der Waals surface area contributed by atoms with Gasteiger partial charge in [0.2, 0.25) is 0 Å². The van der Waals surface area contributed by atoms with E-state index in [-0.39, 0.29) is 25.7 Å². The number of carbonyl (C=O) groups excluding carboxylic acids is 4. The zero-order chi connectivity index (χ0) is 75.5. The lowest BCUT2D eigenvalue weighted by atomic mass is 10.0. The van der Waals surface area contributed by atoms with Gasteiger partial charge < -0.3 is 33.8 Å². The van der Waals surface area contributed by atoms with E-state index in [1.54, 1.807) is 0 Å². The van der Waals surface area contributed by atoms with Crippen molar-refractivity contribution >= 4 is 39.5 Å². The number of aliphatic hydroxyl groups is 1. The molecule has 17 nitrogen and oxygen atoms in total. The molecule has 0 aliphatic heterocycles. The summed E-state index contributed by atoms with van der Waals surface area (Å²) in [5.74, 6) is -1.34. The van der Waals surface area contributed by atoms with Gasteiger partial charge in [0.15, 0.2) is 12.2 Å². The Kier molecular flexibility index (Phi) is 75.4. The zero-order valence-corrected chi connectivity index (χ0v) is 69.3. The third kappa shape index (κ3) is 78.0. The summed E-state index contributed by atoms with van der Waals surface area (Å²) in [5, 5.41) is 10.7. The van der Waals surface area contributed by atoms with E-state index in [2.05, 4.69) is 34.6 Å². The van der Waals surface area contributed by atoms with Crippen LogP contribution in [0.5, 0.6) is 0 Å². The van der Waals surface area contributed by atoms with E-state index in [0.29, 0.717) is 25.7 Å². The maximum absolute atomic E-state index is 13.1. The highest BCUT2D eigenvalue weighted by atomic mass is 31.2. The molecule has 612 valence electrons. The third-order valence-corrected chi connectivity index (χ3v) is 21.7. The summed E-state index contributed by atoms with van der Waals surface area (Å²) in [4.78, 5) is 73.2. The van der Waals surface area contributed by atoms with Gasteiger partial charge >= 0.3 is 39.5 Å². The average Bonchev–Trinajstić information content (AvgIpc) is 0.938. The Morgan fingerprint density at radius 3 is 0.660 bits per heavy atom. The highest BCUT2D eigenvalue weighted by molar-refractivity contribution is 7.47. The highest BCUT2D eigenvalue weighted by Gasteiger charge is 2.30. The van der Waals surface area contributed by atoms with Gasteiger partial charge in [-0.25, -0.2) is 9.13 Å². The Balaban J connectivity index is 5.25. The minimum atomic E-state index is -4.96. The molecular weight excluding hydrogens is 1340 g/mol. The van der Waals surface area contributed by atoms with Gasteiger partial charge in [-0.05, 0) is 31.6 Å². The third-order valence-electron chi connectivity index (χ3n) is 19.8. The van der Waals surface area contributed by atoms with Crippen molar-refractivity contribution in [3.63, 3.8) is 0 Å². The van der Waals surface area contributed by atoms with Crippen LogP contribution in [0, 0.1) is 5.92 Å². The fraction of sp³-hybridized carbons (Fsp3) is 0.952. The molecule has 19 heteroatoms. The molecule has 0 aliphatic carbocycles. The van der Waals surface area contributed by atoms with E-state index in [1.165, 1.54) is 276 Å². The van der Waals surface area contributed by atoms with Crippen LogP contribution in [0.4, 0.5) is 0 Å². The molecule has 0 radical (unpaired) electrons. The average molecular weight is 1510 g/mol. The molecular formula is C84H164O17P2. The van der Waals surface area contributed by atoms with Crippen molar-refractivity contribution in [1.29, 1.82) is 0 Å². The predicted octanol–water partition coefficient (Wildman–Crippen LogP) is 25.6. The Morgan fingerprint density at radius 1 is 0.262 bits per heavy atom. The number of unbranched alkanes of at least 4 members (excludes halogenated alkanes) is 56. The first-order chi connectivity index (χ1) is 50.0. The lowest BCUT2D eigenvalue weighted by Gasteiger charge is -2.21. The molecule has 0 saturated heterocycles. The van der Waals surface area contributed by atoms with Gasteiger partial charge in [-0.1, -0.05) is 401 Å². The normalized spacial score (nSPS) is 13.8. The molecule has 3 N–H and O–H groups in total. The number of hydrogen-bond donors (Lipinski definition) is 3. The molecule has 0 saturated carbocycles. The fourth-order valence-corrected chi connectivity index (χ4v) is 14.7. The standard InChI is InChI=1S/C84H164O17P2/c1-6-9-12-15-18-21-24-27-29-31-33-35-37-39-44-49-54-59-64-69-83(88)100-79(74-95-82(87)68-63-58-53-48-43-38-36-34-32-30-28-25-22-19-16-13-10-7-2)75-98-102(90,91)96-71-78(85)72-97-103(92,93)99-76-80(73-94-81(86)67-62-57-52-47-42-26-23-20-17-14-11-8-3)101-84(89)70-65-60-55-50-45-40-41-46-51-56-61-66-77(4)5/h77-80,85H,6-76H2,1-5H3,(H,90,91)(H,92,93)/t78-,79-,80-/m1/s1. The molecule has 0 bridgehead atoms. The van der Waals surface area contributed by atoms with Crippen LogP contribution in [0.15, 0.2) is 0 Å². The number of esters is 4. The van der Waals surface area contributed by atoms with Crippen LogP contribution in [-0.4, -0.2) is 96.7 Å². The van der Waals surface area contributed by atoms with Gasteiger partial charge in [0, 0.05) is 25.7 Å². The Morgan fingerprint density at radius 2 is 0.447 bits per heavy atom. The molecule has 5 atom stereocenters. The first kappa shape index (κ1) is 101. The number of ether oxygens (including phenoxy) is 4. The minimum Gasteiger partial charge on any atom is -0.462 e. The lowest BCUT2D eigenvalue weighted by molar-refractivity contribution is -0.161. The highest BCUT2D eigenvalue weighted by Crippen LogP contribution is 2.45. The molecule has 103 heavy (non-hydrogen) atoms. The summed E-state index contributed by atoms with van der Waals surface area (Å²) >= 11 is 0. The second-order valence-corrected chi connectivity index (χ2v) is 33.6. The maximum atomic E-state index is 13.1. The minimum absolute atomic E-state index is 0.107. The van der Waals surface area contributed by atoms with E-state index >= 15 is 0 Å². The van der Waals surface area contributed by atoms with Crippen molar-refractivity contribution in [2.24, 2.45) is 5.92 Å². The summed E-state index contributed by atoms with van der Waals surface area (Å²) < 4.78 is 68.9. The van der Waals surface area contributed by atoms with E-state index in [4.69, 9.17) is 37.0 Å². The van der Waals surface area contributed by atoms with Crippen LogP contribution in [0.1, 0.15) is 452 Å². The molecule has 0 heterocycles. The summed E-state index contributed by atoms with van der Waals surface area (Å²) in [6.07, 6.45) is 69.3. The molecule has 0 fully saturated rings. The maximum Gasteiger partial charge on any atom is 0.472 e. The van der Waals surface area contributed by atoms with Crippen LogP contribution >= 0.6 is 15.6 Å². The molecule has 2 unspecified atom stereocenters. The van der Waals surface area contributed by atoms with E-state index in [9.17, 15) is 43.2 Å². The second-order valence-electron chi connectivity index (χ2n) is 30.7. The lowest BCUT2D eigenvalue weighted by Crippen LogP contribution is -2.30. The van der Waals surface area contributed by atoms with Gasteiger partial charge in [-0.15, -0.1) is 0 Å². The topological polar surface area (TPSA) is 237 Å². The quantitative estimate of drug-likeness (QED) is 0.0222. The monoisotopic (exact) mass is 1510 g/mol. The number of hydrogen-bond acceptors (Lipinski definition) is 15. The number of aliphatic hydroxyl groups excluding tert-OH is 1. The summed E-state index contributed by atoms with van der Waals surface area (Å²) in [6, 6.07) is 0. The predicted molar refractivity (Wildman–Crippen MR) is 423 cm³/mol. The number of carbonyl (C=O) groups is 4. The summed E-state index contributed by atoms with van der Waals surface area (Å²) in [5.41, 5.74) is 0. The largest absolute Gasteiger partial charge is 0.472 e. The van der Waals surface area contributed by atoms with Crippen LogP contribution in [0.3, 0.4) is 0 Å². The van der Waals surface area contributed by atoms with E-state index in [0.717, 1.165) is 95.8 Å². The number of rotatable bonds is 84. The van der Waals surface area contributed by atoms with Crippen LogP contribution < -0.4 is 0 Å². The van der Waals surface area contributed by atoms with Crippen LogP contribution in [0.2, 0.25) is 0 Å². The SMILES string of the molecule is CCCCCCCCCCCCCCCCCCCCCC(=O)O[C@H](COC(=O)CCCCCCCCCCCCCCCCCCCC)COP(=O)(O)OC[C@@H](O)COP(=O)(O)OC[C@@H](COC(=O)CCCCCCCCCCCCCC)OC(=O)CCCCCCCCCCCCCC(C)C. The van der Waals surface area contributed by atoms with Gasteiger partial charge in [0.1, 0.15) is 19.3 Å². The van der Waals surface area contributed by atoms with Crippen molar-refractivity contribution in [1.82, 2.24) is 0 Å². The van der Waals surface area contributed by atoms with Gasteiger partial charge in [-0.2, -0.15) is 0 Å². The van der Waals surface area contributed by atoms with E-state index < -0.39 is 97.5 Å². The van der Waals surface area contributed by atoms with Crippen LogP contribution in [0.25, 0.3) is 0 Å². The Bertz CT molecular complexity index is 1960. The Labute approximate surface area is 632 Å². The van der Waals surface area contributed by atoms with Crippen LogP contribution in [-0.2, 0) is 65.4 Å². The summed E-state index contributed by atoms with van der Waals surface area (Å²) in [6.45, 7) is 7.36. The number of phosphoric acid groups is 2.